The number of hydrogen-bond acceptors (Lipinski definition) is 4. The SMILES string of the molecule is CCN(CC)CCNC(=O)Nc1ccc(F)c(NC(=O)OC(C)(C)C)c1. The van der Waals surface area contributed by atoms with Crippen LogP contribution in [0.3, 0.4) is 0 Å². The number of urea groups is 1. The third kappa shape index (κ3) is 8.15. The van der Waals surface area contributed by atoms with Crippen molar-refractivity contribution in [2.75, 3.05) is 36.8 Å². The Morgan fingerprint density at radius 1 is 1.15 bits per heavy atom. The number of nitrogens with zero attached hydrogens (tertiary/aromatic N) is 1. The van der Waals surface area contributed by atoms with E-state index in [-0.39, 0.29) is 5.69 Å². The number of hydrogen-bond donors (Lipinski definition) is 3. The average molecular weight is 368 g/mol. The minimum Gasteiger partial charge on any atom is -0.444 e. The summed E-state index contributed by atoms with van der Waals surface area (Å²) in [4.78, 5) is 25.9. The fourth-order valence-electron chi connectivity index (χ4n) is 2.16. The van der Waals surface area contributed by atoms with Crippen molar-refractivity contribution in [3.63, 3.8) is 0 Å². The second kappa shape index (κ2) is 9.96. The number of likely N-dealkylation sites (N-methyl/N-ethyl adjacent to an activating group) is 1. The predicted molar refractivity (Wildman–Crippen MR) is 101 cm³/mol. The fourth-order valence-corrected chi connectivity index (χ4v) is 2.16. The third-order valence-corrected chi connectivity index (χ3v) is 3.47. The van der Waals surface area contributed by atoms with Gasteiger partial charge in [-0.25, -0.2) is 14.0 Å². The molecule has 1 rings (SSSR count). The van der Waals surface area contributed by atoms with Gasteiger partial charge in [0.1, 0.15) is 11.4 Å². The van der Waals surface area contributed by atoms with Crippen LogP contribution in [0.4, 0.5) is 25.4 Å². The first-order chi connectivity index (χ1) is 12.1. The summed E-state index contributed by atoms with van der Waals surface area (Å²) in [5.41, 5.74) is -0.403. The molecule has 0 unspecified atom stereocenters. The van der Waals surface area contributed by atoms with Crippen LogP contribution in [0.15, 0.2) is 18.2 Å². The Bertz CT molecular complexity index is 613. The second-order valence-corrected chi connectivity index (χ2v) is 6.73. The number of rotatable bonds is 7. The van der Waals surface area contributed by atoms with Gasteiger partial charge in [-0.1, -0.05) is 13.8 Å². The van der Waals surface area contributed by atoms with Gasteiger partial charge in [-0.2, -0.15) is 0 Å². The normalized spacial score (nSPS) is 11.2. The second-order valence-electron chi connectivity index (χ2n) is 6.73. The lowest BCUT2D eigenvalue weighted by molar-refractivity contribution is 0.0635. The molecule has 3 N–H and O–H groups in total. The Morgan fingerprint density at radius 2 is 1.81 bits per heavy atom. The molecule has 0 aromatic heterocycles. The topological polar surface area (TPSA) is 82.7 Å². The summed E-state index contributed by atoms with van der Waals surface area (Å²) in [6, 6.07) is 3.52. The summed E-state index contributed by atoms with van der Waals surface area (Å²) in [5.74, 6) is -0.622. The number of halogens is 1. The van der Waals surface area contributed by atoms with E-state index in [2.05, 4.69) is 34.7 Å². The van der Waals surface area contributed by atoms with Gasteiger partial charge >= 0.3 is 12.1 Å². The molecule has 0 fully saturated rings. The minimum atomic E-state index is -0.766. The molecule has 0 aliphatic carbocycles. The highest BCUT2D eigenvalue weighted by atomic mass is 19.1. The summed E-state index contributed by atoms with van der Waals surface area (Å²) in [6.45, 7) is 12.3. The van der Waals surface area contributed by atoms with Gasteiger partial charge in [0.2, 0.25) is 0 Å². The van der Waals surface area contributed by atoms with Crippen LogP contribution in [0.25, 0.3) is 0 Å². The molecule has 0 saturated carbocycles. The Balaban J connectivity index is 2.60. The number of ether oxygens (including phenoxy) is 1. The summed E-state index contributed by atoms with van der Waals surface area (Å²) in [7, 11) is 0. The van der Waals surface area contributed by atoms with E-state index in [1.165, 1.54) is 12.1 Å². The first kappa shape index (κ1) is 21.7. The third-order valence-electron chi connectivity index (χ3n) is 3.47. The molecule has 0 bridgehead atoms. The quantitative estimate of drug-likeness (QED) is 0.686. The number of carbonyl (C=O) groups is 2. The van der Waals surface area contributed by atoms with Crippen LogP contribution in [-0.4, -0.2) is 48.8 Å². The van der Waals surface area contributed by atoms with Crippen LogP contribution in [0.1, 0.15) is 34.6 Å². The van der Waals surface area contributed by atoms with E-state index in [0.717, 1.165) is 25.7 Å². The lowest BCUT2D eigenvalue weighted by atomic mass is 10.2. The van der Waals surface area contributed by atoms with Crippen molar-refractivity contribution in [3.8, 4) is 0 Å². The van der Waals surface area contributed by atoms with Crippen molar-refractivity contribution in [2.45, 2.75) is 40.2 Å². The zero-order valence-corrected chi connectivity index (χ0v) is 16.1. The van der Waals surface area contributed by atoms with Crippen LogP contribution in [0, 0.1) is 5.82 Å². The van der Waals surface area contributed by atoms with E-state index in [4.69, 9.17) is 4.74 Å². The highest BCUT2D eigenvalue weighted by Gasteiger charge is 2.17. The number of amides is 3. The maximum absolute atomic E-state index is 13.9. The maximum Gasteiger partial charge on any atom is 0.412 e. The van der Waals surface area contributed by atoms with Gasteiger partial charge in [0.25, 0.3) is 0 Å². The molecule has 1 aromatic rings. The molecule has 0 heterocycles. The first-order valence-electron chi connectivity index (χ1n) is 8.71. The van der Waals surface area contributed by atoms with E-state index < -0.39 is 23.5 Å². The van der Waals surface area contributed by atoms with Crippen molar-refractivity contribution < 1.29 is 18.7 Å². The number of anilines is 2. The molecular weight excluding hydrogens is 339 g/mol. The maximum atomic E-state index is 13.9. The molecule has 3 amide bonds. The van der Waals surface area contributed by atoms with Crippen LogP contribution < -0.4 is 16.0 Å². The smallest absolute Gasteiger partial charge is 0.412 e. The number of carbonyl (C=O) groups excluding carboxylic acids is 2. The van der Waals surface area contributed by atoms with Crippen LogP contribution in [0.5, 0.6) is 0 Å². The monoisotopic (exact) mass is 368 g/mol. The van der Waals surface area contributed by atoms with Gasteiger partial charge < -0.3 is 20.3 Å². The Kier molecular flexibility index (Phi) is 8.31. The lowest BCUT2D eigenvalue weighted by Gasteiger charge is -2.20. The van der Waals surface area contributed by atoms with Gasteiger partial charge in [0.05, 0.1) is 5.69 Å². The number of benzene rings is 1. The van der Waals surface area contributed by atoms with Crippen LogP contribution in [-0.2, 0) is 4.74 Å². The van der Waals surface area contributed by atoms with E-state index in [0.29, 0.717) is 12.2 Å². The molecule has 146 valence electrons. The minimum absolute atomic E-state index is 0.0693. The number of nitrogens with one attached hydrogen (secondary N) is 3. The molecule has 0 spiro atoms. The molecule has 0 aliphatic rings. The van der Waals surface area contributed by atoms with Gasteiger partial charge in [0.15, 0.2) is 0 Å². The Labute approximate surface area is 154 Å². The van der Waals surface area contributed by atoms with Gasteiger partial charge in [0, 0.05) is 18.8 Å². The molecule has 7 nitrogen and oxygen atoms in total. The summed E-state index contributed by atoms with van der Waals surface area (Å²) >= 11 is 0. The average Bonchev–Trinajstić information content (AvgIpc) is 2.53. The zero-order valence-electron chi connectivity index (χ0n) is 16.1. The molecule has 0 radical (unpaired) electrons. The van der Waals surface area contributed by atoms with Crippen molar-refractivity contribution >= 4 is 23.5 Å². The first-order valence-corrected chi connectivity index (χ1v) is 8.71. The molecule has 0 aliphatic heterocycles. The van der Waals surface area contributed by atoms with Gasteiger partial charge in [-0.3, -0.25) is 5.32 Å². The summed E-state index contributed by atoms with van der Waals surface area (Å²) in [6.07, 6.45) is -0.766. The lowest BCUT2D eigenvalue weighted by Crippen LogP contribution is -2.36. The van der Waals surface area contributed by atoms with Crippen LogP contribution in [0.2, 0.25) is 0 Å². The Hall–Kier alpha value is -2.35. The van der Waals surface area contributed by atoms with Crippen molar-refractivity contribution in [1.82, 2.24) is 10.2 Å². The molecule has 1 aromatic carbocycles. The standard InChI is InChI=1S/C18H29FN4O3/c1-6-23(7-2)11-10-20-16(24)21-13-8-9-14(19)15(12-13)22-17(25)26-18(3,4)5/h8-9,12H,6-7,10-11H2,1-5H3,(H,22,25)(H2,20,21,24). The van der Waals surface area contributed by atoms with E-state index in [9.17, 15) is 14.0 Å². The van der Waals surface area contributed by atoms with E-state index >= 15 is 0 Å². The highest BCUT2D eigenvalue weighted by Crippen LogP contribution is 2.20. The fraction of sp³-hybridized carbons (Fsp3) is 0.556. The van der Waals surface area contributed by atoms with Gasteiger partial charge in [-0.05, 0) is 52.1 Å². The molecular formula is C18H29FN4O3. The van der Waals surface area contributed by atoms with Crippen molar-refractivity contribution in [2.24, 2.45) is 0 Å². The van der Waals surface area contributed by atoms with Gasteiger partial charge in [-0.15, -0.1) is 0 Å². The largest absolute Gasteiger partial charge is 0.444 e. The molecule has 0 saturated heterocycles. The highest BCUT2D eigenvalue weighted by molar-refractivity contribution is 5.91. The van der Waals surface area contributed by atoms with E-state index in [1.807, 2.05) is 0 Å². The van der Waals surface area contributed by atoms with Crippen molar-refractivity contribution in [1.29, 1.82) is 0 Å². The predicted octanol–water partition coefficient (Wildman–Crippen LogP) is 3.64. The van der Waals surface area contributed by atoms with Crippen molar-refractivity contribution in [3.05, 3.63) is 24.0 Å². The summed E-state index contributed by atoms with van der Waals surface area (Å²) < 4.78 is 19.0. The van der Waals surface area contributed by atoms with E-state index in [1.54, 1.807) is 20.8 Å². The van der Waals surface area contributed by atoms with Crippen LogP contribution >= 0.6 is 0 Å². The zero-order chi connectivity index (χ0) is 19.7. The summed E-state index contributed by atoms with van der Waals surface area (Å²) in [5, 5.41) is 7.69. The molecule has 0 atom stereocenters. The molecule has 8 heteroatoms. The Morgan fingerprint density at radius 3 is 2.38 bits per heavy atom. The molecule has 26 heavy (non-hydrogen) atoms.